The zero-order chi connectivity index (χ0) is 12.3. The van der Waals surface area contributed by atoms with Crippen molar-refractivity contribution >= 4 is 5.91 Å². The fourth-order valence-corrected chi connectivity index (χ4v) is 2.20. The maximum Gasteiger partial charge on any atom is 0.237 e. The summed E-state index contributed by atoms with van der Waals surface area (Å²) in [7, 11) is 3.79. The predicted molar refractivity (Wildman–Crippen MR) is 64.1 cm³/mol. The van der Waals surface area contributed by atoms with E-state index in [0.717, 1.165) is 19.3 Å². The summed E-state index contributed by atoms with van der Waals surface area (Å²) in [6.45, 7) is 4.08. The van der Waals surface area contributed by atoms with Crippen LogP contribution in [0.5, 0.6) is 0 Å². The highest BCUT2D eigenvalue weighted by Crippen LogP contribution is 2.37. The molecule has 2 unspecified atom stereocenters. The number of carbonyl (C=O) groups excluding carboxylic acids is 1. The van der Waals surface area contributed by atoms with Gasteiger partial charge in [0.25, 0.3) is 0 Å². The first-order valence-electron chi connectivity index (χ1n) is 5.98. The van der Waals surface area contributed by atoms with Crippen LogP contribution in [0.4, 0.5) is 0 Å². The normalized spacial score (nSPS) is 31.8. The van der Waals surface area contributed by atoms with E-state index in [1.54, 1.807) is 0 Å². The Morgan fingerprint density at radius 3 is 2.75 bits per heavy atom. The molecular weight excluding hydrogens is 204 g/mol. The highest BCUT2D eigenvalue weighted by atomic mass is 16.3. The molecule has 1 fully saturated rings. The van der Waals surface area contributed by atoms with Crippen molar-refractivity contribution in [2.24, 2.45) is 5.41 Å². The lowest BCUT2D eigenvalue weighted by Crippen LogP contribution is -2.50. The summed E-state index contributed by atoms with van der Waals surface area (Å²) in [4.78, 5) is 13.8. The van der Waals surface area contributed by atoms with Gasteiger partial charge >= 0.3 is 0 Å². The molecule has 0 radical (unpaired) electrons. The van der Waals surface area contributed by atoms with Crippen LogP contribution < -0.4 is 5.32 Å². The average molecular weight is 228 g/mol. The van der Waals surface area contributed by atoms with E-state index in [-0.39, 0.29) is 30.0 Å². The number of carbonyl (C=O) groups is 1. The van der Waals surface area contributed by atoms with Gasteiger partial charge in [-0.2, -0.15) is 0 Å². The smallest absolute Gasteiger partial charge is 0.237 e. The lowest BCUT2D eigenvalue weighted by atomic mass is 9.85. The van der Waals surface area contributed by atoms with E-state index in [2.05, 4.69) is 5.32 Å². The maximum atomic E-state index is 11.9. The van der Waals surface area contributed by atoms with E-state index < -0.39 is 0 Å². The van der Waals surface area contributed by atoms with Crippen LogP contribution in [0.15, 0.2) is 0 Å². The Bertz CT molecular complexity index is 255. The van der Waals surface area contributed by atoms with Gasteiger partial charge in [-0.05, 0) is 33.9 Å². The van der Waals surface area contributed by atoms with Gasteiger partial charge in [0.1, 0.15) is 0 Å². The molecule has 0 bridgehead atoms. The molecule has 4 heteroatoms. The number of rotatable bonds is 4. The first-order valence-corrected chi connectivity index (χ1v) is 5.98. The Hall–Kier alpha value is -0.610. The van der Waals surface area contributed by atoms with Crippen LogP contribution in [0, 0.1) is 5.41 Å². The molecule has 4 nitrogen and oxygen atoms in total. The molecule has 16 heavy (non-hydrogen) atoms. The maximum absolute atomic E-state index is 11.9. The third-order valence-electron chi connectivity index (χ3n) is 3.91. The first-order chi connectivity index (χ1) is 7.40. The van der Waals surface area contributed by atoms with Crippen LogP contribution in [-0.4, -0.2) is 48.7 Å². The molecule has 3 atom stereocenters. The van der Waals surface area contributed by atoms with E-state index in [4.69, 9.17) is 0 Å². The van der Waals surface area contributed by atoms with Crippen LogP contribution in [-0.2, 0) is 4.79 Å². The molecule has 2 N–H and O–H groups in total. The zero-order valence-corrected chi connectivity index (χ0v) is 10.8. The number of aliphatic hydroxyl groups excluding tert-OH is 1. The predicted octanol–water partition coefficient (Wildman–Crippen LogP) is 0.604. The molecular formula is C12H24N2O2. The van der Waals surface area contributed by atoms with Crippen molar-refractivity contribution in [3.8, 4) is 0 Å². The van der Waals surface area contributed by atoms with Gasteiger partial charge in [-0.1, -0.05) is 13.3 Å². The molecule has 1 aliphatic carbocycles. The summed E-state index contributed by atoms with van der Waals surface area (Å²) in [5.74, 6) is 0.0524. The van der Waals surface area contributed by atoms with Crippen molar-refractivity contribution in [3.05, 3.63) is 0 Å². The Morgan fingerprint density at radius 2 is 2.25 bits per heavy atom. The number of nitrogens with zero attached hydrogens (tertiary/aromatic N) is 1. The molecule has 94 valence electrons. The zero-order valence-electron chi connectivity index (χ0n) is 10.8. The molecule has 1 amide bonds. The summed E-state index contributed by atoms with van der Waals surface area (Å²) in [6.07, 6.45) is 3.05. The second kappa shape index (κ2) is 5.15. The molecule has 0 aliphatic heterocycles. The van der Waals surface area contributed by atoms with Gasteiger partial charge in [-0.3, -0.25) is 9.69 Å². The minimum atomic E-state index is -0.137. The van der Waals surface area contributed by atoms with Crippen LogP contribution in [0.2, 0.25) is 0 Å². The van der Waals surface area contributed by atoms with Crippen LogP contribution in [0.1, 0.15) is 33.1 Å². The van der Waals surface area contributed by atoms with Gasteiger partial charge in [0, 0.05) is 11.5 Å². The van der Waals surface area contributed by atoms with Crippen molar-refractivity contribution in [3.63, 3.8) is 0 Å². The fourth-order valence-electron chi connectivity index (χ4n) is 2.20. The summed E-state index contributed by atoms with van der Waals surface area (Å²) in [5.41, 5.74) is -0.137. The Morgan fingerprint density at radius 1 is 1.62 bits per heavy atom. The number of hydrogen-bond acceptors (Lipinski definition) is 3. The second-order valence-corrected chi connectivity index (χ2v) is 5.41. The van der Waals surface area contributed by atoms with Crippen LogP contribution >= 0.6 is 0 Å². The number of nitrogens with one attached hydrogen (secondary N) is 1. The third-order valence-corrected chi connectivity index (χ3v) is 3.91. The second-order valence-electron chi connectivity index (χ2n) is 5.41. The van der Waals surface area contributed by atoms with Crippen molar-refractivity contribution in [2.75, 3.05) is 20.7 Å². The Labute approximate surface area is 98.0 Å². The summed E-state index contributed by atoms with van der Waals surface area (Å²) < 4.78 is 0. The fraction of sp³-hybridized carbons (Fsp3) is 0.917. The van der Waals surface area contributed by atoms with Crippen LogP contribution in [0.25, 0.3) is 0 Å². The number of hydrogen-bond donors (Lipinski definition) is 2. The Kier molecular flexibility index (Phi) is 4.33. The van der Waals surface area contributed by atoms with Gasteiger partial charge in [0.15, 0.2) is 0 Å². The minimum absolute atomic E-state index is 0.0524. The highest BCUT2D eigenvalue weighted by molar-refractivity contribution is 5.81. The van der Waals surface area contributed by atoms with E-state index in [0.29, 0.717) is 0 Å². The van der Waals surface area contributed by atoms with Crippen molar-refractivity contribution in [1.29, 1.82) is 0 Å². The average Bonchev–Trinajstić information content (AvgIpc) is 2.60. The van der Waals surface area contributed by atoms with E-state index >= 15 is 0 Å². The highest BCUT2D eigenvalue weighted by Gasteiger charge is 2.39. The van der Waals surface area contributed by atoms with Crippen molar-refractivity contribution in [1.82, 2.24) is 10.2 Å². The van der Waals surface area contributed by atoms with Gasteiger partial charge < -0.3 is 10.4 Å². The van der Waals surface area contributed by atoms with Crippen LogP contribution in [0.3, 0.4) is 0 Å². The van der Waals surface area contributed by atoms with Crippen molar-refractivity contribution in [2.45, 2.75) is 45.2 Å². The van der Waals surface area contributed by atoms with E-state index in [1.165, 1.54) is 0 Å². The quantitative estimate of drug-likeness (QED) is 0.741. The Balaban J connectivity index is 2.57. The van der Waals surface area contributed by atoms with Gasteiger partial charge in [0.2, 0.25) is 5.91 Å². The van der Waals surface area contributed by atoms with E-state index in [9.17, 15) is 9.90 Å². The first kappa shape index (κ1) is 13.5. The molecule has 0 saturated heterocycles. The number of amides is 1. The summed E-state index contributed by atoms with van der Waals surface area (Å²) >= 11 is 0. The van der Waals surface area contributed by atoms with Gasteiger partial charge in [-0.25, -0.2) is 0 Å². The number of likely N-dealkylation sites (N-methyl/N-ethyl adjacent to an activating group) is 1. The van der Waals surface area contributed by atoms with Gasteiger partial charge in [-0.15, -0.1) is 0 Å². The third kappa shape index (κ3) is 2.74. The lowest BCUT2D eigenvalue weighted by Gasteiger charge is -2.31. The van der Waals surface area contributed by atoms with Gasteiger partial charge in [0.05, 0.1) is 12.6 Å². The summed E-state index contributed by atoms with van der Waals surface area (Å²) in [5, 5.41) is 12.5. The van der Waals surface area contributed by atoms with E-state index in [1.807, 2.05) is 32.8 Å². The van der Waals surface area contributed by atoms with Crippen molar-refractivity contribution < 1.29 is 9.90 Å². The lowest BCUT2D eigenvalue weighted by molar-refractivity contribution is -0.126. The molecule has 0 aromatic heterocycles. The minimum Gasteiger partial charge on any atom is -0.396 e. The SMILES string of the molecule is C[C@@H](C(=O)NC1CCCC1(C)CO)N(C)C. The number of aliphatic hydroxyl groups is 1. The standard InChI is InChI=1S/C12H24N2O2/c1-9(14(3)4)11(16)13-10-6-5-7-12(10,2)8-15/h9-10,15H,5-8H2,1-4H3,(H,13,16)/t9-,10?,12?/m0/s1. The molecule has 0 aromatic carbocycles. The molecule has 1 saturated carbocycles. The molecule has 1 rings (SSSR count). The molecule has 0 heterocycles. The monoisotopic (exact) mass is 228 g/mol. The molecule has 0 aromatic rings. The summed E-state index contributed by atoms with van der Waals surface area (Å²) in [6, 6.07) is -0.00376. The largest absolute Gasteiger partial charge is 0.396 e. The molecule has 0 spiro atoms. The topological polar surface area (TPSA) is 52.6 Å². The molecule has 1 aliphatic rings.